The Kier molecular flexibility index (Phi) is 7.15. The fourth-order valence-electron chi connectivity index (χ4n) is 4.04. The van der Waals surface area contributed by atoms with Crippen molar-refractivity contribution in [3.05, 3.63) is 47.5 Å². The van der Waals surface area contributed by atoms with Crippen molar-refractivity contribution in [3.63, 3.8) is 0 Å². The van der Waals surface area contributed by atoms with Crippen molar-refractivity contribution in [2.45, 2.75) is 46.1 Å². The molecule has 0 saturated carbocycles. The minimum Gasteiger partial charge on any atom is -0.449 e. The third-order valence-electron chi connectivity index (χ3n) is 5.90. The van der Waals surface area contributed by atoms with Gasteiger partial charge in [-0.15, -0.1) is 0 Å². The Morgan fingerprint density at radius 1 is 1.19 bits per heavy atom. The number of anilines is 1. The standard InChI is InChI=1S/C27H30N4O5/c1-17-13-19(15-28)14-22-23(17)35-24(30-22)20-5-7-21(8-6-20)29-25(32)34-16-18-9-11-31(12-10-18)26(33)36-27(2,3)4/h5-8,13-14,18H,9-12,16H2,1-4H3,(H,29,32). The van der Waals surface area contributed by atoms with E-state index in [0.717, 1.165) is 24.0 Å². The van der Waals surface area contributed by atoms with Crippen LogP contribution < -0.4 is 5.32 Å². The second-order valence-electron chi connectivity index (χ2n) is 9.98. The number of nitrogens with one attached hydrogen (secondary N) is 1. The maximum atomic E-state index is 12.3. The Bertz CT molecular complexity index is 1290. The van der Waals surface area contributed by atoms with Gasteiger partial charge in [-0.2, -0.15) is 5.26 Å². The number of piperidine rings is 1. The average molecular weight is 491 g/mol. The molecule has 1 aliphatic rings. The lowest BCUT2D eigenvalue weighted by Gasteiger charge is -2.33. The SMILES string of the molecule is Cc1cc(C#N)cc2nc(-c3ccc(NC(=O)OCC4CCN(C(=O)OC(C)(C)C)CC4)cc3)oc12. The minimum atomic E-state index is -0.529. The van der Waals surface area contributed by atoms with E-state index in [-0.39, 0.29) is 12.0 Å². The molecule has 1 fully saturated rings. The van der Waals surface area contributed by atoms with Gasteiger partial charge in [-0.1, -0.05) is 0 Å². The third-order valence-corrected chi connectivity index (χ3v) is 5.90. The van der Waals surface area contributed by atoms with Crippen LogP contribution in [0.2, 0.25) is 0 Å². The summed E-state index contributed by atoms with van der Waals surface area (Å²) < 4.78 is 16.7. The number of benzene rings is 2. The topological polar surface area (TPSA) is 118 Å². The van der Waals surface area contributed by atoms with E-state index in [0.29, 0.717) is 47.9 Å². The van der Waals surface area contributed by atoms with Crippen LogP contribution in [-0.4, -0.2) is 47.4 Å². The Balaban J connectivity index is 1.26. The molecule has 0 atom stereocenters. The van der Waals surface area contributed by atoms with Gasteiger partial charge in [0, 0.05) is 24.3 Å². The van der Waals surface area contributed by atoms with E-state index in [1.807, 2.05) is 27.7 Å². The van der Waals surface area contributed by atoms with Gasteiger partial charge < -0.3 is 18.8 Å². The number of nitriles is 1. The van der Waals surface area contributed by atoms with Crippen LogP contribution in [0, 0.1) is 24.2 Å². The molecule has 0 radical (unpaired) electrons. The van der Waals surface area contributed by atoms with E-state index in [1.54, 1.807) is 41.3 Å². The number of carbonyl (C=O) groups excluding carboxylic acids is 2. The van der Waals surface area contributed by atoms with Crippen LogP contribution in [0.4, 0.5) is 15.3 Å². The summed E-state index contributed by atoms with van der Waals surface area (Å²) in [5, 5.41) is 11.9. The van der Waals surface area contributed by atoms with E-state index in [4.69, 9.17) is 19.2 Å². The van der Waals surface area contributed by atoms with Crippen molar-refractivity contribution >= 4 is 29.0 Å². The fraction of sp³-hybridized carbons (Fsp3) is 0.407. The zero-order valence-corrected chi connectivity index (χ0v) is 21.0. The number of rotatable bonds is 4. The molecule has 9 heteroatoms. The number of hydrogen-bond acceptors (Lipinski definition) is 7. The van der Waals surface area contributed by atoms with Crippen LogP contribution in [0.1, 0.15) is 44.7 Å². The van der Waals surface area contributed by atoms with Crippen molar-refractivity contribution in [2.75, 3.05) is 25.0 Å². The summed E-state index contributed by atoms with van der Waals surface area (Å²) in [5.74, 6) is 0.635. The number of amides is 2. The molecule has 4 rings (SSSR count). The van der Waals surface area contributed by atoms with Gasteiger partial charge in [0.1, 0.15) is 11.1 Å². The molecule has 3 aromatic rings. The second kappa shape index (κ2) is 10.3. The number of carbonyl (C=O) groups is 2. The Labute approximate surface area is 210 Å². The van der Waals surface area contributed by atoms with E-state index < -0.39 is 11.7 Å². The van der Waals surface area contributed by atoms with Crippen LogP contribution in [0.25, 0.3) is 22.6 Å². The molecule has 0 bridgehead atoms. The van der Waals surface area contributed by atoms with Crippen LogP contribution >= 0.6 is 0 Å². The van der Waals surface area contributed by atoms with Crippen molar-refractivity contribution in [1.82, 2.24) is 9.88 Å². The molecule has 2 aromatic carbocycles. The Morgan fingerprint density at radius 2 is 1.89 bits per heavy atom. The molecule has 36 heavy (non-hydrogen) atoms. The Morgan fingerprint density at radius 3 is 2.53 bits per heavy atom. The smallest absolute Gasteiger partial charge is 0.411 e. The predicted octanol–water partition coefficient (Wildman–Crippen LogP) is 5.87. The quantitative estimate of drug-likeness (QED) is 0.486. The second-order valence-corrected chi connectivity index (χ2v) is 9.98. The first-order valence-corrected chi connectivity index (χ1v) is 11.9. The predicted molar refractivity (Wildman–Crippen MR) is 134 cm³/mol. The zero-order valence-electron chi connectivity index (χ0n) is 21.0. The maximum absolute atomic E-state index is 12.3. The molecule has 1 N–H and O–H groups in total. The number of oxazole rings is 1. The number of aryl methyl sites for hydroxylation is 1. The molecular formula is C27H30N4O5. The molecule has 2 heterocycles. The van der Waals surface area contributed by atoms with Gasteiger partial charge in [0.15, 0.2) is 5.58 Å². The molecule has 9 nitrogen and oxygen atoms in total. The number of likely N-dealkylation sites (tertiary alicyclic amines) is 1. The molecular weight excluding hydrogens is 460 g/mol. The van der Waals surface area contributed by atoms with Gasteiger partial charge in [-0.25, -0.2) is 14.6 Å². The fourth-order valence-corrected chi connectivity index (χ4v) is 4.04. The van der Waals surface area contributed by atoms with E-state index in [1.165, 1.54) is 0 Å². The number of fused-ring (bicyclic) bond motifs is 1. The first kappa shape index (κ1) is 25.0. The summed E-state index contributed by atoms with van der Waals surface area (Å²) in [7, 11) is 0. The van der Waals surface area contributed by atoms with Crippen molar-refractivity contribution in [1.29, 1.82) is 5.26 Å². The molecule has 1 saturated heterocycles. The van der Waals surface area contributed by atoms with Crippen molar-refractivity contribution in [3.8, 4) is 17.5 Å². The van der Waals surface area contributed by atoms with Crippen molar-refractivity contribution in [2.24, 2.45) is 5.92 Å². The highest BCUT2D eigenvalue weighted by atomic mass is 16.6. The average Bonchev–Trinajstić information content (AvgIpc) is 3.27. The first-order valence-electron chi connectivity index (χ1n) is 11.9. The van der Waals surface area contributed by atoms with Crippen LogP contribution in [0.15, 0.2) is 40.8 Å². The molecule has 0 spiro atoms. The molecule has 1 aliphatic heterocycles. The maximum Gasteiger partial charge on any atom is 0.411 e. The summed E-state index contributed by atoms with van der Waals surface area (Å²) in [4.78, 5) is 30.7. The molecule has 188 valence electrons. The van der Waals surface area contributed by atoms with Gasteiger partial charge in [0.2, 0.25) is 5.89 Å². The van der Waals surface area contributed by atoms with Gasteiger partial charge in [-0.3, -0.25) is 5.32 Å². The lowest BCUT2D eigenvalue weighted by molar-refractivity contribution is 0.0153. The zero-order chi connectivity index (χ0) is 25.9. The minimum absolute atomic E-state index is 0.195. The Hall–Kier alpha value is -4.06. The normalized spacial score (nSPS) is 14.4. The largest absolute Gasteiger partial charge is 0.449 e. The van der Waals surface area contributed by atoms with E-state index >= 15 is 0 Å². The highest BCUT2D eigenvalue weighted by Crippen LogP contribution is 2.28. The lowest BCUT2D eigenvalue weighted by atomic mass is 9.98. The first-order chi connectivity index (χ1) is 17.1. The number of aromatic nitrogens is 1. The molecule has 0 aliphatic carbocycles. The lowest BCUT2D eigenvalue weighted by Crippen LogP contribution is -2.42. The van der Waals surface area contributed by atoms with Crippen LogP contribution in [-0.2, 0) is 9.47 Å². The van der Waals surface area contributed by atoms with Crippen LogP contribution in [0.3, 0.4) is 0 Å². The molecule has 2 amide bonds. The van der Waals surface area contributed by atoms with Gasteiger partial charge in [0.05, 0.1) is 18.2 Å². The van der Waals surface area contributed by atoms with Crippen LogP contribution in [0.5, 0.6) is 0 Å². The highest BCUT2D eigenvalue weighted by Gasteiger charge is 2.27. The monoisotopic (exact) mass is 490 g/mol. The third kappa shape index (κ3) is 6.13. The number of ether oxygens (including phenoxy) is 2. The summed E-state index contributed by atoms with van der Waals surface area (Å²) >= 11 is 0. The molecule has 1 aromatic heterocycles. The van der Waals surface area contributed by atoms with Gasteiger partial charge in [-0.05, 0) is 88.4 Å². The summed E-state index contributed by atoms with van der Waals surface area (Å²) in [6.07, 6.45) is 0.670. The van der Waals surface area contributed by atoms with Gasteiger partial charge >= 0.3 is 12.2 Å². The van der Waals surface area contributed by atoms with E-state index in [2.05, 4.69) is 16.4 Å². The highest BCUT2D eigenvalue weighted by molar-refractivity contribution is 5.85. The summed E-state index contributed by atoms with van der Waals surface area (Å²) in [6.45, 7) is 8.87. The van der Waals surface area contributed by atoms with E-state index in [9.17, 15) is 9.59 Å². The summed E-state index contributed by atoms with van der Waals surface area (Å²) in [6, 6.07) is 12.7. The molecule has 0 unspecified atom stereocenters. The van der Waals surface area contributed by atoms with Crippen molar-refractivity contribution < 1.29 is 23.5 Å². The van der Waals surface area contributed by atoms with Gasteiger partial charge in [0.25, 0.3) is 0 Å². The summed E-state index contributed by atoms with van der Waals surface area (Å²) in [5.41, 5.74) is 3.47. The number of nitrogens with zero attached hydrogens (tertiary/aromatic N) is 3. The number of hydrogen-bond donors (Lipinski definition) is 1.